The standard InChI is InChI=1S/C14H16N2O3/c1-14(19,9-3-4-9)7-12-15-10-5-2-8(13(17)18)6-11(10)16-12/h2,5-6,9,19H,3-4,7H2,1H3,(H,15,16)(H,17,18). The fourth-order valence-corrected chi connectivity index (χ4v) is 2.47. The van der Waals surface area contributed by atoms with Crippen LogP contribution in [0, 0.1) is 5.92 Å². The molecule has 2 aromatic rings. The molecule has 1 aliphatic rings. The van der Waals surface area contributed by atoms with E-state index in [4.69, 9.17) is 5.11 Å². The van der Waals surface area contributed by atoms with Crippen LogP contribution in [0.4, 0.5) is 0 Å². The molecule has 3 rings (SSSR count). The van der Waals surface area contributed by atoms with Crippen molar-refractivity contribution < 1.29 is 15.0 Å². The van der Waals surface area contributed by atoms with Crippen molar-refractivity contribution in [1.82, 2.24) is 9.97 Å². The predicted octanol–water partition coefficient (Wildman–Crippen LogP) is 1.96. The molecule has 5 nitrogen and oxygen atoms in total. The van der Waals surface area contributed by atoms with Crippen LogP contribution in [0.25, 0.3) is 11.0 Å². The van der Waals surface area contributed by atoms with Gasteiger partial charge >= 0.3 is 5.97 Å². The van der Waals surface area contributed by atoms with Crippen molar-refractivity contribution in [3.8, 4) is 0 Å². The Morgan fingerprint density at radius 3 is 2.89 bits per heavy atom. The minimum Gasteiger partial charge on any atom is -0.478 e. The molecule has 0 saturated heterocycles. The smallest absolute Gasteiger partial charge is 0.335 e. The van der Waals surface area contributed by atoms with Crippen LogP contribution >= 0.6 is 0 Å². The molecule has 0 radical (unpaired) electrons. The quantitative estimate of drug-likeness (QED) is 0.784. The Bertz CT molecular complexity index is 641. The van der Waals surface area contributed by atoms with Crippen LogP contribution in [0.1, 0.15) is 35.9 Å². The molecule has 0 spiro atoms. The fourth-order valence-electron chi connectivity index (χ4n) is 2.47. The molecule has 19 heavy (non-hydrogen) atoms. The van der Waals surface area contributed by atoms with E-state index in [9.17, 15) is 9.90 Å². The number of carboxylic acids is 1. The van der Waals surface area contributed by atoms with Gasteiger partial charge in [0.2, 0.25) is 0 Å². The van der Waals surface area contributed by atoms with E-state index >= 15 is 0 Å². The molecule has 100 valence electrons. The number of rotatable bonds is 4. The number of imidazole rings is 1. The topological polar surface area (TPSA) is 86.2 Å². The molecule has 5 heteroatoms. The van der Waals surface area contributed by atoms with Crippen molar-refractivity contribution in [3.63, 3.8) is 0 Å². The Labute approximate surface area is 110 Å². The summed E-state index contributed by atoms with van der Waals surface area (Å²) in [5.41, 5.74) is 0.925. The number of carbonyl (C=O) groups is 1. The summed E-state index contributed by atoms with van der Waals surface area (Å²) in [6.45, 7) is 1.83. The van der Waals surface area contributed by atoms with Crippen LogP contribution in [-0.4, -0.2) is 31.8 Å². The summed E-state index contributed by atoms with van der Waals surface area (Å²) in [4.78, 5) is 18.4. The van der Waals surface area contributed by atoms with Gasteiger partial charge in [0.15, 0.2) is 0 Å². The number of nitrogens with zero attached hydrogens (tertiary/aromatic N) is 1. The highest BCUT2D eigenvalue weighted by Gasteiger charge is 2.40. The SMILES string of the molecule is CC(O)(Cc1nc2ccc(C(=O)O)cc2[nH]1)C1CC1. The Morgan fingerprint density at radius 1 is 1.53 bits per heavy atom. The second-order valence-corrected chi connectivity index (χ2v) is 5.53. The first-order valence-electron chi connectivity index (χ1n) is 6.40. The molecule has 3 N–H and O–H groups in total. The summed E-state index contributed by atoms with van der Waals surface area (Å²) < 4.78 is 0. The van der Waals surface area contributed by atoms with Gasteiger partial charge in [-0.1, -0.05) is 0 Å². The van der Waals surface area contributed by atoms with E-state index in [-0.39, 0.29) is 5.56 Å². The van der Waals surface area contributed by atoms with Gasteiger partial charge in [0.25, 0.3) is 0 Å². The Morgan fingerprint density at radius 2 is 2.26 bits per heavy atom. The van der Waals surface area contributed by atoms with Crippen molar-refractivity contribution in [1.29, 1.82) is 0 Å². The van der Waals surface area contributed by atoms with E-state index < -0.39 is 11.6 Å². The van der Waals surface area contributed by atoms with E-state index in [1.54, 1.807) is 12.1 Å². The molecule has 1 fully saturated rings. The summed E-state index contributed by atoms with van der Waals surface area (Å²) in [6.07, 6.45) is 2.60. The maximum atomic E-state index is 10.9. The molecule has 1 saturated carbocycles. The number of hydrogen-bond acceptors (Lipinski definition) is 3. The van der Waals surface area contributed by atoms with Gasteiger partial charge in [0.1, 0.15) is 5.82 Å². The second kappa shape index (κ2) is 4.06. The van der Waals surface area contributed by atoms with Crippen LogP contribution in [0.2, 0.25) is 0 Å². The third-order valence-corrected chi connectivity index (χ3v) is 3.76. The summed E-state index contributed by atoms with van der Waals surface area (Å²) in [7, 11) is 0. The molecule has 1 heterocycles. The molecular formula is C14H16N2O3. The second-order valence-electron chi connectivity index (χ2n) is 5.53. The molecule has 1 atom stereocenters. The minimum atomic E-state index is -0.956. The summed E-state index contributed by atoms with van der Waals surface area (Å²) >= 11 is 0. The summed E-state index contributed by atoms with van der Waals surface area (Å²) in [5.74, 6) is 0.104. The van der Waals surface area contributed by atoms with E-state index in [2.05, 4.69) is 9.97 Å². The zero-order valence-electron chi connectivity index (χ0n) is 10.7. The lowest BCUT2D eigenvalue weighted by molar-refractivity contribution is 0.0355. The zero-order valence-corrected chi connectivity index (χ0v) is 10.7. The van der Waals surface area contributed by atoms with E-state index in [1.165, 1.54) is 6.07 Å². The number of carboxylic acid groups (broad SMARTS) is 1. The van der Waals surface area contributed by atoms with Crippen LogP contribution in [-0.2, 0) is 6.42 Å². The van der Waals surface area contributed by atoms with Gasteiger partial charge < -0.3 is 15.2 Å². The molecule has 0 amide bonds. The number of benzene rings is 1. The number of nitrogens with one attached hydrogen (secondary N) is 1. The van der Waals surface area contributed by atoms with Crippen molar-refractivity contribution in [2.45, 2.75) is 31.8 Å². The highest BCUT2D eigenvalue weighted by Crippen LogP contribution is 2.40. The van der Waals surface area contributed by atoms with Crippen LogP contribution in [0.15, 0.2) is 18.2 Å². The normalized spacial score (nSPS) is 18.4. The fraction of sp³-hybridized carbons (Fsp3) is 0.429. The highest BCUT2D eigenvalue weighted by atomic mass is 16.4. The highest BCUT2D eigenvalue weighted by molar-refractivity contribution is 5.92. The van der Waals surface area contributed by atoms with Crippen LogP contribution in [0.3, 0.4) is 0 Å². The Balaban J connectivity index is 1.91. The van der Waals surface area contributed by atoms with Gasteiger partial charge in [-0.05, 0) is 43.9 Å². The van der Waals surface area contributed by atoms with Crippen molar-refractivity contribution in [3.05, 3.63) is 29.6 Å². The average Bonchev–Trinajstić information content (AvgIpc) is 3.10. The number of aromatic nitrogens is 2. The van der Waals surface area contributed by atoms with E-state index in [0.29, 0.717) is 23.7 Å². The molecule has 1 unspecified atom stereocenters. The molecule has 1 aromatic heterocycles. The molecule has 1 aliphatic carbocycles. The van der Waals surface area contributed by atoms with E-state index in [0.717, 1.165) is 18.4 Å². The van der Waals surface area contributed by atoms with Gasteiger partial charge in [-0.25, -0.2) is 9.78 Å². The lowest BCUT2D eigenvalue weighted by Gasteiger charge is -2.21. The molecule has 0 bridgehead atoms. The number of aliphatic hydroxyl groups is 1. The Kier molecular flexibility index (Phi) is 2.60. The number of fused-ring (bicyclic) bond motifs is 1. The number of H-pyrrole nitrogens is 1. The maximum Gasteiger partial charge on any atom is 0.335 e. The Hall–Kier alpha value is -1.88. The zero-order chi connectivity index (χ0) is 13.6. The van der Waals surface area contributed by atoms with Gasteiger partial charge in [-0.3, -0.25) is 0 Å². The summed E-state index contributed by atoms with van der Waals surface area (Å²) in [5, 5.41) is 19.3. The average molecular weight is 260 g/mol. The van der Waals surface area contributed by atoms with Crippen LogP contribution < -0.4 is 0 Å². The summed E-state index contributed by atoms with van der Waals surface area (Å²) in [6, 6.07) is 4.79. The monoisotopic (exact) mass is 260 g/mol. The van der Waals surface area contributed by atoms with Gasteiger partial charge in [-0.15, -0.1) is 0 Å². The van der Waals surface area contributed by atoms with Gasteiger partial charge in [-0.2, -0.15) is 0 Å². The number of aromatic carboxylic acids is 1. The first kappa shape index (κ1) is 12.2. The lowest BCUT2D eigenvalue weighted by atomic mass is 9.96. The first-order valence-corrected chi connectivity index (χ1v) is 6.40. The largest absolute Gasteiger partial charge is 0.478 e. The van der Waals surface area contributed by atoms with Gasteiger partial charge in [0, 0.05) is 6.42 Å². The number of aromatic amines is 1. The van der Waals surface area contributed by atoms with Crippen molar-refractivity contribution >= 4 is 17.0 Å². The lowest BCUT2D eigenvalue weighted by Crippen LogP contribution is -2.30. The molecule has 1 aromatic carbocycles. The maximum absolute atomic E-state index is 10.9. The van der Waals surface area contributed by atoms with Crippen molar-refractivity contribution in [2.24, 2.45) is 5.92 Å². The minimum absolute atomic E-state index is 0.233. The third-order valence-electron chi connectivity index (χ3n) is 3.76. The molecular weight excluding hydrogens is 244 g/mol. The predicted molar refractivity (Wildman–Crippen MR) is 70.1 cm³/mol. The first-order chi connectivity index (χ1) is 8.95. The van der Waals surface area contributed by atoms with E-state index in [1.807, 2.05) is 6.92 Å². The number of hydrogen-bond donors (Lipinski definition) is 3. The van der Waals surface area contributed by atoms with Crippen LogP contribution in [0.5, 0.6) is 0 Å². The van der Waals surface area contributed by atoms with Gasteiger partial charge in [0.05, 0.1) is 22.2 Å². The molecule has 0 aliphatic heterocycles. The third kappa shape index (κ3) is 2.33. The van der Waals surface area contributed by atoms with Crippen molar-refractivity contribution in [2.75, 3.05) is 0 Å².